The number of methoxy groups -OCH3 is 1. The van der Waals surface area contributed by atoms with Crippen molar-refractivity contribution in [2.75, 3.05) is 19.9 Å². The highest BCUT2D eigenvalue weighted by molar-refractivity contribution is 7.99. The van der Waals surface area contributed by atoms with Crippen LogP contribution in [0.2, 0.25) is 0 Å². The Balaban J connectivity index is 2.11. The maximum atomic E-state index is 13.0. The van der Waals surface area contributed by atoms with Crippen LogP contribution in [0.3, 0.4) is 0 Å². The first-order valence-electron chi connectivity index (χ1n) is 9.34. The van der Waals surface area contributed by atoms with E-state index in [0.717, 1.165) is 17.1 Å². The minimum atomic E-state index is -0.499. The lowest BCUT2D eigenvalue weighted by Gasteiger charge is -2.30. The Morgan fingerprint density at radius 2 is 1.82 bits per heavy atom. The Kier molecular flexibility index (Phi) is 8.88. The van der Waals surface area contributed by atoms with Gasteiger partial charge in [-0.25, -0.2) is 0 Å². The van der Waals surface area contributed by atoms with E-state index in [0.29, 0.717) is 18.7 Å². The molecule has 0 saturated heterocycles. The number of ether oxygens (including phenoxy) is 1. The fraction of sp³-hybridized carbons (Fsp3) is 0.364. The largest absolute Gasteiger partial charge is 0.497 e. The minimum absolute atomic E-state index is 0.0424. The van der Waals surface area contributed by atoms with Crippen LogP contribution in [0, 0.1) is 0 Å². The zero-order valence-corrected chi connectivity index (χ0v) is 17.5. The molecule has 2 aromatic carbocycles. The second kappa shape index (κ2) is 11.4. The molecule has 2 rings (SSSR count). The molecule has 1 N–H and O–H groups in total. The van der Waals surface area contributed by atoms with Gasteiger partial charge in [0.1, 0.15) is 11.8 Å². The van der Waals surface area contributed by atoms with Crippen LogP contribution >= 0.6 is 11.8 Å². The predicted molar refractivity (Wildman–Crippen MR) is 114 cm³/mol. The summed E-state index contributed by atoms with van der Waals surface area (Å²) >= 11 is 1.56. The number of likely N-dealkylation sites (N-methyl/N-ethyl adjacent to an activating group) is 1. The number of amides is 2. The van der Waals surface area contributed by atoms with Crippen LogP contribution in [0.15, 0.2) is 54.6 Å². The van der Waals surface area contributed by atoms with Crippen LogP contribution in [0.1, 0.15) is 24.5 Å². The van der Waals surface area contributed by atoms with Crippen LogP contribution in [-0.4, -0.2) is 42.7 Å². The maximum Gasteiger partial charge on any atom is 0.242 e. The van der Waals surface area contributed by atoms with Crippen molar-refractivity contribution in [3.8, 4) is 5.75 Å². The summed E-state index contributed by atoms with van der Waals surface area (Å²) < 4.78 is 5.28. The third kappa shape index (κ3) is 6.30. The van der Waals surface area contributed by atoms with Gasteiger partial charge < -0.3 is 15.0 Å². The zero-order valence-electron chi connectivity index (χ0n) is 16.7. The number of rotatable bonds is 10. The molecule has 0 unspecified atom stereocenters. The summed E-state index contributed by atoms with van der Waals surface area (Å²) in [5.74, 6) is 1.63. The van der Waals surface area contributed by atoms with E-state index in [2.05, 4.69) is 5.32 Å². The van der Waals surface area contributed by atoms with Crippen LogP contribution in [0.25, 0.3) is 0 Å². The highest BCUT2D eigenvalue weighted by Gasteiger charge is 2.27. The molecule has 0 saturated carbocycles. The minimum Gasteiger partial charge on any atom is -0.497 e. The average molecular weight is 401 g/mol. The van der Waals surface area contributed by atoms with E-state index in [1.165, 1.54) is 5.56 Å². The molecular weight excluding hydrogens is 372 g/mol. The van der Waals surface area contributed by atoms with E-state index < -0.39 is 6.04 Å². The number of carbonyl (C=O) groups is 2. The normalized spacial score (nSPS) is 11.5. The lowest BCUT2D eigenvalue weighted by Crippen LogP contribution is -2.48. The van der Waals surface area contributed by atoms with Crippen molar-refractivity contribution in [1.29, 1.82) is 0 Å². The first kappa shape index (κ1) is 21.8. The van der Waals surface area contributed by atoms with E-state index in [1.807, 2.05) is 61.5 Å². The van der Waals surface area contributed by atoms with Gasteiger partial charge in [-0.15, -0.1) is 11.8 Å². The Bertz CT molecular complexity index is 767. The van der Waals surface area contributed by atoms with Crippen molar-refractivity contribution in [2.45, 2.75) is 31.7 Å². The summed E-state index contributed by atoms with van der Waals surface area (Å²) in [7, 11) is 3.21. The molecule has 0 spiro atoms. The van der Waals surface area contributed by atoms with Gasteiger partial charge in [0.2, 0.25) is 11.8 Å². The molecule has 150 valence electrons. The summed E-state index contributed by atoms with van der Waals surface area (Å²) in [4.78, 5) is 27.0. The Morgan fingerprint density at radius 3 is 2.46 bits per heavy atom. The zero-order chi connectivity index (χ0) is 20.4. The topological polar surface area (TPSA) is 58.6 Å². The number of nitrogens with zero attached hydrogens (tertiary/aromatic N) is 1. The van der Waals surface area contributed by atoms with Gasteiger partial charge in [-0.3, -0.25) is 9.59 Å². The molecule has 0 heterocycles. The van der Waals surface area contributed by atoms with Gasteiger partial charge >= 0.3 is 0 Å². The van der Waals surface area contributed by atoms with Crippen LogP contribution in [0.5, 0.6) is 5.75 Å². The molecule has 0 fully saturated rings. The van der Waals surface area contributed by atoms with Crippen molar-refractivity contribution in [3.05, 3.63) is 65.7 Å². The number of hydrogen-bond donors (Lipinski definition) is 1. The van der Waals surface area contributed by atoms with Crippen molar-refractivity contribution in [3.63, 3.8) is 0 Å². The highest BCUT2D eigenvalue weighted by atomic mass is 32.2. The SMILES string of the molecule is CC[C@H](C(=O)NC)N(Cc1cccc(OC)c1)C(=O)CSCc1ccccc1. The highest BCUT2D eigenvalue weighted by Crippen LogP contribution is 2.19. The van der Waals surface area contributed by atoms with Gasteiger partial charge in [-0.1, -0.05) is 49.4 Å². The lowest BCUT2D eigenvalue weighted by atomic mass is 10.1. The fourth-order valence-corrected chi connectivity index (χ4v) is 3.84. The van der Waals surface area contributed by atoms with Gasteiger partial charge in [0.15, 0.2) is 0 Å². The smallest absolute Gasteiger partial charge is 0.242 e. The molecule has 1 atom stereocenters. The molecule has 28 heavy (non-hydrogen) atoms. The van der Waals surface area contributed by atoms with E-state index in [-0.39, 0.29) is 11.8 Å². The predicted octanol–water partition coefficient (Wildman–Crippen LogP) is 3.48. The monoisotopic (exact) mass is 400 g/mol. The Hall–Kier alpha value is -2.47. The molecular formula is C22H28N2O3S. The average Bonchev–Trinajstić information content (AvgIpc) is 2.74. The van der Waals surface area contributed by atoms with Crippen molar-refractivity contribution in [2.24, 2.45) is 0 Å². The lowest BCUT2D eigenvalue weighted by molar-refractivity contribution is -0.139. The van der Waals surface area contributed by atoms with Crippen LogP contribution in [-0.2, 0) is 21.9 Å². The second-order valence-corrected chi connectivity index (χ2v) is 7.38. The summed E-state index contributed by atoms with van der Waals surface area (Å²) in [5.41, 5.74) is 2.11. The van der Waals surface area contributed by atoms with E-state index in [9.17, 15) is 9.59 Å². The first-order valence-corrected chi connectivity index (χ1v) is 10.5. The molecule has 0 aliphatic rings. The summed E-state index contributed by atoms with van der Waals surface area (Å²) in [6.07, 6.45) is 0.554. The molecule has 0 radical (unpaired) electrons. The summed E-state index contributed by atoms with van der Waals surface area (Å²) in [6.45, 7) is 2.29. The van der Waals surface area contributed by atoms with Crippen LogP contribution < -0.4 is 10.1 Å². The van der Waals surface area contributed by atoms with Crippen molar-refractivity contribution < 1.29 is 14.3 Å². The standard InChI is InChI=1S/C22H28N2O3S/c1-4-20(22(26)23-2)24(14-18-11-8-12-19(13-18)27-3)21(25)16-28-15-17-9-6-5-7-10-17/h5-13,20H,4,14-16H2,1-3H3,(H,23,26)/t20-/m1/s1. The number of hydrogen-bond acceptors (Lipinski definition) is 4. The molecule has 2 amide bonds. The molecule has 0 aliphatic carbocycles. The number of carbonyl (C=O) groups excluding carboxylic acids is 2. The number of thioether (sulfide) groups is 1. The summed E-state index contributed by atoms with van der Waals surface area (Å²) in [6, 6.07) is 17.1. The molecule has 5 nitrogen and oxygen atoms in total. The second-order valence-electron chi connectivity index (χ2n) is 6.39. The third-order valence-electron chi connectivity index (χ3n) is 4.46. The molecule has 0 bridgehead atoms. The Morgan fingerprint density at radius 1 is 1.11 bits per heavy atom. The van der Waals surface area contributed by atoms with Gasteiger partial charge in [-0.05, 0) is 29.7 Å². The number of nitrogens with one attached hydrogen (secondary N) is 1. The molecule has 6 heteroatoms. The van der Waals surface area contributed by atoms with Gasteiger partial charge in [0, 0.05) is 19.3 Å². The number of benzene rings is 2. The van der Waals surface area contributed by atoms with Gasteiger partial charge in [0.05, 0.1) is 12.9 Å². The molecule has 0 aromatic heterocycles. The van der Waals surface area contributed by atoms with Crippen LogP contribution in [0.4, 0.5) is 0 Å². The molecule has 0 aliphatic heterocycles. The third-order valence-corrected chi connectivity index (χ3v) is 5.45. The van der Waals surface area contributed by atoms with Gasteiger partial charge in [0.25, 0.3) is 0 Å². The summed E-state index contributed by atoms with van der Waals surface area (Å²) in [5, 5.41) is 2.68. The van der Waals surface area contributed by atoms with E-state index in [1.54, 1.807) is 30.8 Å². The van der Waals surface area contributed by atoms with E-state index >= 15 is 0 Å². The maximum absolute atomic E-state index is 13.0. The van der Waals surface area contributed by atoms with Gasteiger partial charge in [-0.2, -0.15) is 0 Å². The molecule has 2 aromatic rings. The first-order chi connectivity index (χ1) is 13.6. The quantitative estimate of drug-likeness (QED) is 0.663. The fourth-order valence-electron chi connectivity index (χ4n) is 2.97. The van der Waals surface area contributed by atoms with Crippen molar-refractivity contribution >= 4 is 23.6 Å². The Labute approximate surface area is 171 Å². The van der Waals surface area contributed by atoms with Crippen molar-refractivity contribution in [1.82, 2.24) is 10.2 Å². The van der Waals surface area contributed by atoms with E-state index in [4.69, 9.17) is 4.74 Å².